The fraction of sp³-hybridized carbons (Fsp3) is 0.517. The van der Waals surface area contributed by atoms with E-state index in [1.807, 2.05) is 63.5 Å². The minimum Gasteiger partial charge on any atom is -0.391 e. The molecule has 0 radical (unpaired) electrons. The van der Waals surface area contributed by atoms with Crippen molar-refractivity contribution < 1.29 is 19.2 Å². The standard InChI is InChI=1S/C29H38N6O4S/c1-17(2)26(24-14-25(33-39-24)34-11-9-30-10-12-34)29(38)35-15-22(36)13-23(35)28(37)32-18(3)20-5-7-21(8-6-20)27-19(4)31-16-40-27/h5-8,14,16-18,22-23,26,30,36H,9-13,15H2,1-4H3,(H,32,37)/t18-,22?,23-,26-/m0/s1. The molecule has 3 N–H and O–H groups in total. The van der Waals surface area contributed by atoms with Crippen molar-refractivity contribution in [2.75, 3.05) is 37.6 Å². The number of β-amino-alcohol motifs (C(OH)–C–C–N with tert-alkyl or cyclic N) is 1. The number of carbonyl (C=O) groups excluding carboxylic acids is 2. The number of hydrogen-bond donors (Lipinski definition) is 3. The predicted octanol–water partition coefficient (Wildman–Crippen LogP) is 3.09. The minimum absolute atomic E-state index is 0.0857. The average molecular weight is 567 g/mol. The lowest BCUT2D eigenvalue weighted by atomic mass is 9.91. The smallest absolute Gasteiger partial charge is 0.243 e. The number of aliphatic hydroxyl groups excluding tert-OH is 1. The molecule has 1 aromatic carbocycles. The second-order valence-electron chi connectivity index (χ2n) is 11.1. The molecule has 4 heterocycles. The molecule has 2 amide bonds. The molecule has 0 bridgehead atoms. The monoisotopic (exact) mass is 566 g/mol. The van der Waals surface area contributed by atoms with Crippen LogP contribution in [0.1, 0.15) is 56.2 Å². The molecule has 214 valence electrons. The predicted molar refractivity (Wildman–Crippen MR) is 154 cm³/mol. The summed E-state index contributed by atoms with van der Waals surface area (Å²) in [5.41, 5.74) is 4.87. The van der Waals surface area contributed by atoms with E-state index in [0.717, 1.165) is 53.7 Å². The summed E-state index contributed by atoms with van der Waals surface area (Å²) in [4.78, 5) is 36.4. The van der Waals surface area contributed by atoms with Gasteiger partial charge in [0.2, 0.25) is 11.8 Å². The third-order valence-electron chi connectivity index (χ3n) is 7.84. The summed E-state index contributed by atoms with van der Waals surface area (Å²) in [6.45, 7) is 11.3. The van der Waals surface area contributed by atoms with E-state index in [-0.39, 0.29) is 36.7 Å². The van der Waals surface area contributed by atoms with Gasteiger partial charge in [-0.25, -0.2) is 4.98 Å². The maximum atomic E-state index is 13.9. The Morgan fingerprint density at radius 1 is 1.18 bits per heavy atom. The van der Waals surface area contributed by atoms with Crippen LogP contribution in [0.2, 0.25) is 0 Å². The van der Waals surface area contributed by atoms with E-state index < -0.39 is 18.1 Å². The molecule has 1 unspecified atom stereocenters. The van der Waals surface area contributed by atoms with Crippen molar-refractivity contribution in [3.05, 3.63) is 52.9 Å². The number of anilines is 1. The van der Waals surface area contributed by atoms with Crippen LogP contribution in [0.3, 0.4) is 0 Å². The Balaban J connectivity index is 1.28. The van der Waals surface area contributed by atoms with Gasteiger partial charge in [-0.05, 0) is 30.9 Å². The van der Waals surface area contributed by atoms with E-state index in [2.05, 4.69) is 25.7 Å². The van der Waals surface area contributed by atoms with E-state index in [9.17, 15) is 14.7 Å². The molecular formula is C29H38N6O4S. The number of amides is 2. The number of rotatable bonds is 8. The van der Waals surface area contributed by atoms with Gasteiger partial charge in [0.1, 0.15) is 12.0 Å². The summed E-state index contributed by atoms with van der Waals surface area (Å²) in [5, 5.41) is 21.1. The summed E-state index contributed by atoms with van der Waals surface area (Å²) in [5.74, 6) is 0.00472. The van der Waals surface area contributed by atoms with Crippen molar-refractivity contribution in [2.45, 2.75) is 58.2 Å². The fourth-order valence-electron chi connectivity index (χ4n) is 5.58. The van der Waals surface area contributed by atoms with Crippen LogP contribution in [0.5, 0.6) is 0 Å². The van der Waals surface area contributed by atoms with Gasteiger partial charge in [0.15, 0.2) is 11.6 Å². The van der Waals surface area contributed by atoms with Gasteiger partial charge in [-0.3, -0.25) is 9.59 Å². The molecule has 2 saturated heterocycles. The second kappa shape index (κ2) is 12.1. The zero-order valence-electron chi connectivity index (χ0n) is 23.5. The Labute approximate surface area is 238 Å². The number of nitrogens with zero attached hydrogens (tertiary/aromatic N) is 4. The first-order valence-corrected chi connectivity index (χ1v) is 14.8. The molecule has 2 aliphatic rings. The number of benzene rings is 1. The van der Waals surface area contributed by atoms with Crippen molar-refractivity contribution in [3.63, 3.8) is 0 Å². The molecule has 2 fully saturated rings. The van der Waals surface area contributed by atoms with Crippen LogP contribution in [0.4, 0.5) is 5.82 Å². The third kappa shape index (κ3) is 5.91. The lowest BCUT2D eigenvalue weighted by Gasteiger charge is -2.29. The van der Waals surface area contributed by atoms with Crippen LogP contribution in [-0.2, 0) is 9.59 Å². The molecule has 3 aromatic rings. The number of hydrogen-bond acceptors (Lipinski definition) is 9. The molecule has 40 heavy (non-hydrogen) atoms. The normalized spacial score (nSPS) is 21.1. The number of carbonyl (C=O) groups is 2. The quantitative estimate of drug-likeness (QED) is 0.380. The molecule has 2 aromatic heterocycles. The number of thiazole rings is 1. The Morgan fingerprint density at radius 2 is 1.90 bits per heavy atom. The highest BCUT2D eigenvalue weighted by molar-refractivity contribution is 7.13. The fourth-order valence-corrected chi connectivity index (χ4v) is 6.40. The van der Waals surface area contributed by atoms with Gasteiger partial charge >= 0.3 is 0 Å². The molecule has 11 heteroatoms. The molecule has 5 rings (SSSR count). The molecule has 0 spiro atoms. The number of aromatic nitrogens is 2. The van der Waals surface area contributed by atoms with Crippen molar-refractivity contribution >= 4 is 29.0 Å². The largest absolute Gasteiger partial charge is 0.391 e. The highest BCUT2D eigenvalue weighted by Crippen LogP contribution is 2.33. The highest BCUT2D eigenvalue weighted by Gasteiger charge is 2.43. The van der Waals surface area contributed by atoms with E-state index in [0.29, 0.717) is 5.76 Å². The van der Waals surface area contributed by atoms with Crippen molar-refractivity contribution in [2.24, 2.45) is 5.92 Å². The zero-order valence-corrected chi connectivity index (χ0v) is 24.3. The van der Waals surface area contributed by atoms with Gasteiger partial charge < -0.3 is 30.1 Å². The maximum absolute atomic E-state index is 13.9. The van der Waals surface area contributed by atoms with Gasteiger partial charge in [0.25, 0.3) is 0 Å². The van der Waals surface area contributed by atoms with Crippen molar-refractivity contribution in [3.8, 4) is 10.4 Å². The Hall–Kier alpha value is -3.28. The first-order chi connectivity index (χ1) is 19.2. The van der Waals surface area contributed by atoms with Crippen LogP contribution in [0, 0.1) is 12.8 Å². The summed E-state index contributed by atoms with van der Waals surface area (Å²) < 4.78 is 5.68. The maximum Gasteiger partial charge on any atom is 0.243 e. The van der Waals surface area contributed by atoms with E-state index >= 15 is 0 Å². The number of aliphatic hydroxyl groups is 1. The number of likely N-dealkylation sites (tertiary alicyclic amines) is 1. The van der Waals surface area contributed by atoms with Crippen LogP contribution >= 0.6 is 11.3 Å². The lowest BCUT2D eigenvalue weighted by Crippen LogP contribution is -2.48. The third-order valence-corrected chi connectivity index (χ3v) is 8.82. The molecule has 0 saturated carbocycles. The average Bonchev–Trinajstić information content (AvgIpc) is 3.69. The Bertz CT molecular complexity index is 1320. The Morgan fingerprint density at radius 3 is 2.55 bits per heavy atom. The van der Waals surface area contributed by atoms with Crippen LogP contribution in [0.15, 0.2) is 40.4 Å². The first-order valence-electron chi connectivity index (χ1n) is 13.9. The molecule has 0 aliphatic carbocycles. The summed E-state index contributed by atoms with van der Waals surface area (Å²) in [6.07, 6.45) is -0.572. The summed E-state index contributed by atoms with van der Waals surface area (Å²) in [7, 11) is 0. The summed E-state index contributed by atoms with van der Waals surface area (Å²) in [6, 6.07) is 8.88. The van der Waals surface area contributed by atoms with Crippen molar-refractivity contribution in [1.82, 2.24) is 25.7 Å². The van der Waals surface area contributed by atoms with Crippen LogP contribution in [-0.4, -0.2) is 76.8 Å². The Kier molecular flexibility index (Phi) is 8.53. The lowest BCUT2D eigenvalue weighted by molar-refractivity contribution is -0.141. The van der Waals surface area contributed by atoms with E-state index in [1.54, 1.807) is 11.3 Å². The van der Waals surface area contributed by atoms with Gasteiger partial charge in [-0.2, -0.15) is 0 Å². The van der Waals surface area contributed by atoms with Crippen LogP contribution < -0.4 is 15.5 Å². The van der Waals surface area contributed by atoms with Crippen molar-refractivity contribution in [1.29, 1.82) is 0 Å². The number of piperazine rings is 1. The molecule has 4 atom stereocenters. The number of nitrogens with one attached hydrogen (secondary N) is 2. The van der Waals surface area contributed by atoms with Gasteiger partial charge in [-0.15, -0.1) is 11.3 Å². The van der Waals surface area contributed by atoms with Gasteiger partial charge in [0, 0.05) is 45.2 Å². The van der Waals surface area contributed by atoms with E-state index in [1.165, 1.54) is 4.90 Å². The second-order valence-corrected chi connectivity index (χ2v) is 11.9. The number of aryl methyl sites for hydroxylation is 1. The van der Waals surface area contributed by atoms with E-state index in [4.69, 9.17) is 4.52 Å². The summed E-state index contributed by atoms with van der Waals surface area (Å²) >= 11 is 1.60. The van der Waals surface area contributed by atoms with Gasteiger partial charge in [-0.1, -0.05) is 43.3 Å². The zero-order chi connectivity index (χ0) is 28.4. The molecule has 10 nitrogen and oxygen atoms in total. The molecule has 2 aliphatic heterocycles. The van der Waals surface area contributed by atoms with Gasteiger partial charge in [0.05, 0.1) is 28.2 Å². The molecular weight excluding hydrogens is 528 g/mol. The van der Waals surface area contributed by atoms with Crippen LogP contribution in [0.25, 0.3) is 10.4 Å². The first kappa shape index (κ1) is 28.3. The highest BCUT2D eigenvalue weighted by atomic mass is 32.1. The minimum atomic E-state index is -0.768. The SMILES string of the molecule is Cc1ncsc1-c1ccc([C@H](C)NC(=O)[C@@H]2CC(O)CN2C(=O)[C@H](c2cc(N3CCNCC3)no2)C(C)C)cc1. The topological polar surface area (TPSA) is 124 Å².